The van der Waals surface area contributed by atoms with Gasteiger partial charge in [-0.2, -0.15) is 0 Å². The lowest BCUT2D eigenvalue weighted by Gasteiger charge is -2.04. The Morgan fingerprint density at radius 1 is 1.19 bits per heavy atom. The standard InChI is InChI=1S/C13H16INO/c1-11(14)7-5-6-10-13(16)15-12-8-3-2-4-9-12/h2-4,8-9H,1,5-7,10H2,(H,15,16). The molecular formula is C13H16INO. The van der Waals surface area contributed by atoms with Gasteiger partial charge < -0.3 is 5.32 Å². The minimum absolute atomic E-state index is 0.0882. The summed E-state index contributed by atoms with van der Waals surface area (Å²) in [5.74, 6) is 0.0882. The molecule has 0 aliphatic carbocycles. The SMILES string of the molecule is C=C(I)CCCCC(=O)Nc1ccccc1. The molecule has 0 aliphatic rings. The number of allylic oxidation sites excluding steroid dienone is 1. The highest BCUT2D eigenvalue weighted by Crippen LogP contribution is 2.13. The summed E-state index contributed by atoms with van der Waals surface area (Å²) in [7, 11) is 0. The molecule has 0 saturated carbocycles. The number of rotatable bonds is 6. The van der Waals surface area contributed by atoms with Gasteiger partial charge in [0, 0.05) is 12.1 Å². The van der Waals surface area contributed by atoms with E-state index in [0.29, 0.717) is 6.42 Å². The molecule has 3 heteroatoms. The summed E-state index contributed by atoms with van der Waals surface area (Å²) in [6, 6.07) is 9.54. The zero-order valence-corrected chi connectivity index (χ0v) is 11.4. The van der Waals surface area contributed by atoms with Crippen molar-refractivity contribution in [3.05, 3.63) is 40.5 Å². The first-order chi connectivity index (χ1) is 7.68. The van der Waals surface area contributed by atoms with Crippen molar-refractivity contribution in [2.45, 2.75) is 25.7 Å². The molecule has 86 valence electrons. The van der Waals surface area contributed by atoms with Crippen LogP contribution in [0, 0.1) is 0 Å². The van der Waals surface area contributed by atoms with Crippen molar-refractivity contribution in [2.75, 3.05) is 5.32 Å². The first-order valence-corrected chi connectivity index (χ1v) is 6.44. The number of carbonyl (C=O) groups is 1. The summed E-state index contributed by atoms with van der Waals surface area (Å²) in [6.45, 7) is 3.83. The van der Waals surface area contributed by atoms with Crippen molar-refractivity contribution in [1.82, 2.24) is 0 Å². The largest absolute Gasteiger partial charge is 0.326 e. The Labute approximate surface area is 110 Å². The van der Waals surface area contributed by atoms with Gasteiger partial charge >= 0.3 is 0 Å². The van der Waals surface area contributed by atoms with E-state index >= 15 is 0 Å². The van der Waals surface area contributed by atoms with Crippen molar-refractivity contribution < 1.29 is 4.79 Å². The molecule has 1 aromatic rings. The number of unbranched alkanes of at least 4 members (excludes halogenated alkanes) is 1. The molecule has 0 atom stereocenters. The van der Waals surface area contributed by atoms with Crippen LogP contribution in [0.4, 0.5) is 5.69 Å². The Morgan fingerprint density at radius 2 is 1.81 bits per heavy atom. The molecule has 0 fully saturated rings. The van der Waals surface area contributed by atoms with E-state index < -0.39 is 0 Å². The number of amides is 1. The van der Waals surface area contributed by atoms with Gasteiger partial charge in [0.1, 0.15) is 0 Å². The zero-order valence-electron chi connectivity index (χ0n) is 9.21. The number of hydrogen-bond acceptors (Lipinski definition) is 1. The maximum atomic E-state index is 11.5. The van der Waals surface area contributed by atoms with Crippen molar-refractivity contribution in [3.63, 3.8) is 0 Å². The van der Waals surface area contributed by atoms with Crippen LogP contribution in [-0.2, 0) is 4.79 Å². The van der Waals surface area contributed by atoms with Crippen LogP contribution in [0.15, 0.2) is 40.5 Å². The van der Waals surface area contributed by atoms with E-state index in [2.05, 4.69) is 34.5 Å². The first kappa shape index (κ1) is 13.2. The lowest BCUT2D eigenvalue weighted by atomic mass is 10.2. The quantitative estimate of drug-likeness (QED) is 0.617. The van der Waals surface area contributed by atoms with Crippen LogP contribution in [0.5, 0.6) is 0 Å². The van der Waals surface area contributed by atoms with Crippen molar-refractivity contribution in [2.24, 2.45) is 0 Å². The van der Waals surface area contributed by atoms with Crippen LogP contribution < -0.4 is 5.32 Å². The Hall–Kier alpha value is -0.840. The predicted molar refractivity (Wildman–Crippen MR) is 76.7 cm³/mol. The lowest BCUT2D eigenvalue weighted by Crippen LogP contribution is -2.10. The summed E-state index contributed by atoms with van der Waals surface area (Å²) in [4.78, 5) is 11.5. The van der Waals surface area contributed by atoms with E-state index in [-0.39, 0.29) is 5.91 Å². The van der Waals surface area contributed by atoms with Gasteiger partial charge in [0.25, 0.3) is 0 Å². The molecular weight excluding hydrogens is 313 g/mol. The normalized spacial score (nSPS) is 9.81. The van der Waals surface area contributed by atoms with Crippen LogP contribution >= 0.6 is 22.6 Å². The Bertz CT molecular complexity index is 348. The highest BCUT2D eigenvalue weighted by Gasteiger charge is 2.01. The Balaban J connectivity index is 2.19. The molecule has 0 bridgehead atoms. The second-order valence-electron chi connectivity index (χ2n) is 3.64. The first-order valence-electron chi connectivity index (χ1n) is 5.36. The molecule has 16 heavy (non-hydrogen) atoms. The fourth-order valence-corrected chi connectivity index (χ4v) is 1.73. The molecule has 1 amide bonds. The molecule has 0 aliphatic heterocycles. The summed E-state index contributed by atoms with van der Waals surface area (Å²) in [5.41, 5.74) is 0.866. The number of nitrogens with one attached hydrogen (secondary N) is 1. The third-order valence-corrected chi connectivity index (χ3v) is 2.70. The van der Waals surface area contributed by atoms with Gasteiger partial charge in [0.15, 0.2) is 0 Å². The smallest absolute Gasteiger partial charge is 0.224 e. The topological polar surface area (TPSA) is 29.1 Å². The number of anilines is 1. The van der Waals surface area contributed by atoms with E-state index in [9.17, 15) is 4.79 Å². The number of halogens is 1. The average Bonchev–Trinajstić information content (AvgIpc) is 2.25. The molecule has 0 heterocycles. The van der Waals surface area contributed by atoms with Crippen molar-refractivity contribution in [3.8, 4) is 0 Å². The third-order valence-electron chi connectivity index (χ3n) is 2.16. The van der Waals surface area contributed by atoms with E-state index in [4.69, 9.17) is 0 Å². The van der Waals surface area contributed by atoms with Crippen LogP contribution in [0.25, 0.3) is 0 Å². The molecule has 0 aromatic heterocycles. The van der Waals surface area contributed by atoms with Gasteiger partial charge in [0.05, 0.1) is 0 Å². The molecule has 2 nitrogen and oxygen atoms in total. The molecule has 0 spiro atoms. The monoisotopic (exact) mass is 329 g/mol. The Morgan fingerprint density at radius 3 is 2.44 bits per heavy atom. The fourth-order valence-electron chi connectivity index (χ4n) is 1.35. The second kappa shape index (κ2) is 7.44. The number of benzene rings is 1. The third kappa shape index (κ3) is 5.90. The maximum Gasteiger partial charge on any atom is 0.224 e. The maximum absolute atomic E-state index is 11.5. The molecule has 0 unspecified atom stereocenters. The van der Waals surface area contributed by atoms with Gasteiger partial charge in [-0.25, -0.2) is 0 Å². The van der Waals surface area contributed by atoms with Crippen molar-refractivity contribution in [1.29, 1.82) is 0 Å². The van der Waals surface area contributed by atoms with Gasteiger partial charge in [0.2, 0.25) is 5.91 Å². The predicted octanol–water partition coefficient (Wildman–Crippen LogP) is 4.13. The number of hydrogen-bond donors (Lipinski definition) is 1. The highest BCUT2D eigenvalue weighted by molar-refractivity contribution is 14.1. The van der Waals surface area contributed by atoms with Crippen molar-refractivity contribution >= 4 is 34.2 Å². The molecule has 1 rings (SSSR count). The molecule has 0 saturated heterocycles. The lowest BCUT2D eigenvalue weighted by molar-refractivity contribution is -0.116. The van der Waals surface area contributed by atoms with Crippen LogP contribution in [-0.4, -0.2) is 5.91 Å². The highest BCUT2D eigenvalue weighted by atomic mass is 127. The van der Waals surface area contributed by atoms with Crippen LogP contribution in [0.2, 0.25) is 0 Å². The molecule has 0 radical (unpaired) electrons. The number of para-hydroxylation sites is 1. The van der Waals surface area contributed by atoms with Gasteiger partial charge in [-0.1, -0.05) is 24.8 Å². The molecule has 1 aromatic carbocycles. The molecule has 1 N–H and O–H groups in total. The van der Waals surface area contributed by atoms with E-state index in [1.165, 1.54) is 0 Å². The van der Waals surface area contributed by atoms with E-state index in [0.717, 1.165) is 28.5 Å². The summed E-state index contributed by atoms with van der Waals surface area (Å²) >= 11 is 2.22. The summed E-state index contributed by atoms with van der Waals surface area (Å²) in [6.07, 6.45) is 3.53. The zero-order chi connectivity index (χ0) is 11.8. The van der Waals surface area contributed by atoms with Gasteiger partial charge in [-0.3, -0.25) is 4.79 Å². The van der Waals surface area contributed by atoms with E-state index in [1.807, 2.05) is 30.3 Å². The minimum atomic E-state index is 0.0882. The second-order valence-corrected chi connectivity index (χ2v) is 5.16. The van der Waals surface area contributed by atoms with Gasteiger partial charge in [-0.05, 0) is 57.6 Å². The summed E-state index contributed by atoms with van der Waals surface area (Å²) in [5, 5.41) is 2.87. The fraction of sp³-hybridized carbons (Fsp3) is 0.308. The van der Waals surface area contributed by atoms with Crippen LogP contribution in [0.3, 0.4) is 0 Å². The minimum Gasteiger partial charge on any atom is -0.326 e. The summed E-state index contributed by atoms with van der Waals surface area (Å²) < 4.78 is 1.15. The average molecular weight is 329 g/mol. The van der Waals surface area contributed by atoms with Gasteiger partial charge in [-0.15, -0.1) is 0 Å². The van der Waals surface area contributed by atoms with Crippen LogP contribution in [0.1, 0.15) is 25.7 Å². The number of carbonyl (C=O) groups excluding carboxylic acids is 1. The Kier molecular flexibility index (Phi) is 6.15. The van der Waals surface area contributed by atoms with E-state index in [1.54, 1.807) is 0 Å².